The fourth-order valence-corrected chi connectivity index (χ4v) is 3.07. The van der Waals surface area contributed by atoms with E-state index in [2.05, 4.69) is 15.6 Å². The van der Waals surface area contributed by atoms with E-state index in [0.29, 0.717) is 24.4 Å². The molecule has 0 radical (unpaired) electrons. The van der Waals surface area contributed by atoms with Crippen molar-refractivity contribution in [2.45, 2.75) is 38.3 Å². The van der Waals surface area contributed by atoms with Crippen LogP contribution in [-0.2, 0) is 16.1 Å². The van der Waals surface area contributed by atoms with Crippen LogP contribution in [0.15, 0.2) is 36.9 Å². The molecular formula is C17H19ClN4O2. The molecule has 1 aliphatic rings. The van der Waals surface area contributed by atoms with Gasteiger partial charge in [-0.25, -0.2) is 4.98 Å². The van der Waals surface area contributed by atoms with Gasteiger partial charge in [0, 0.05) is 35.9 Å². The molecule has 2 heterocycles. The van der Waals surface area contributed by atoms with Gasteiger partial charge in [0.05, 0.1) is 12.0 Å². The van der Waals surface area contributed by atoms with E-state index in [1.807, 2.05) is 22.9 Å². The summed E-state index contributed by atoms with van der Waals surface area (Å²) in [6.07, 6.45) is 8.02. The quantitative estimate of drug-likeness (QED) is 0.891. The second-order valence-electron chi connectivity index (χ2n) is 5.79. The van der Waals surface area contributed by atoms with Gasteiger partial charge in [-0.3, -0.25) is 9.59 Å². The summed E-state index contributed by atoms with van der Waals surface area (Å²) < 4.78 is 1.85. The third-order valence-corrected chi connectivity index (χ3v) is 4.47. The van der Waals surface area contributed by atoms with Gasteiger partial charge in [0.25, 0.3) is 0 Å². The van der Waals surface area contributed by atoms with Crippen molar-refractivity contribution in [2.24, 2.45) is 0 Å². The smallest absolute Gasteiger partial charge is 0.242 e. The van der Waals surface area contributed by atoms with E-state index < -0.39 is 6.04 Å². The van der Waals surface area contributed by atoms with Crippen LogP contribution in [0.25, 0.3) is 5.69 Å². The number of carbonyl (C=O) groups excluding carboxylic acids is 2. The Bertz CT molecular complexity index is 730. The Morgan fingerprint density at radius 3 is 3.08 bits per heavy atom. The topological polar surface area (TPSA) is 76.0 Å². The summed E-state index contributed by atoms with van der Waals surface area (Å²) in [5.41, 5.74) is 1.68. The van der Waals surface area contributed by atoms with E-state index in [0.717, 1.165) is 24.1 Å². The maximum Gasteiger partial charge on any atom is 0.242 e. The van der Waals surface area contributed by atoms with E-state index in [4.69, 9.17) is 11.6 Å². The first-order valence-electron chi connectivity index (χ1n) is 7.98. The van der Waals surface area contributed by atoms with Crippen LogP contribution in [0.5, 0.6) is 0 Å². The highest BCUT2D eigenvalue weighted by Crippen LogP contribution is 2.23. The zero-order chi connectivity index (χ0) is 16.9. The number of nitrogens with zero attached hydrogens (tertiary/aromatic N) is 2. The summed E-state index contributed by atoms with van der Waals surface area (Å²) in [6, 6.07) is 5.09. The molecule has 2 amide bonds. The van der Waals surface area contributed by atoms with Crippen LogP contribution in [0.3, 0.4) is 0 Å². The van der Waals surface area contributed by atoms with Gasteiger partial charge in [0.2, 0.25) is 11.8 Å². The van der Waals surface area contributed by atoms with Gasteiger partial charge < -0.3 is 15.2 Å². The van der Waals surface area contributed by atoms with Crippen molar-refractivity contribution in [2.75, 3.05) is 0 Å². The Morgan fingerprint density at radius 1 is 1.42 bits per heavy atom. The highest BCUT2D eigenvalue weighted by molar-refractivity contribution is 6.31. The van der Waals surface area contributed by atoms with Crippen LogP contribution >= 0.6 is 11.6 Å². The molecule has 1 aromatic carbocycles. The van der Waals surface area contributed by atoms with Gasteiger partial charge in [-0.15, -0.1) is 0 Å². The molecule has 2 aromatic rings. The SMILES string of the molecule is O=C1CCCCC(C(=O)NCc2c(Cl)cccc2-n2ccnc2)N1. The van der Waals surface area contributed by atoms with Crippen LogP contribution < -0.4 is 10.6 Å². The highest BCUT2D eigenvalue weighted by atomic mass is 35.5. The lowest BCUT2D eigenvalue weighted by molar-refractivity contribution is -0.128. The molecule has 1 fully saturated rings. The third kappa shape index (κ3) is 3.76. The first-order chi connectivity index (χ1) is 11.6. The molecule has 1 saturated heterocycles. The summed E-state index contributed by atoms with van der Waals surface area (Å²) in [5.74, 6) is -0.244. The second-order valence-corrected chi connectivity index (χ2v) is 6.20. The van der Waals surface area contributed by atoms with Gasteiger partial charge in [-0.1, -0.05) is 24.1 Å². The normalized spacial score (nSPS) is 17.9. The Hall–Kier alpha value is -2.34. The summed E-state index contributed by atoms with van der Waals surface area (Å²) in [7, 11) is 0. The lowest BCUT2D eigenvalue weighted by atomic mass is 10.1. The van der Waals surface area contributed by atoms with Crippen LogP contribution in [0.2, 0.25) is 5.02 Å². The van der Waals surface area contributed by atoms with Gasteiger partial charge >= 0.3 is 0 Å². The minimum absolute atomic E-state index is 0.0653. The molecule has 7 heteroatoms. The predicted molar refractivity (Wildman–Crippen MR) is 90.8 cm³/mol. The molecule has 24 heavy (non-hydrogen) atoms. The number of rotatable bonds is 4. The molecule has 1 aliphatic heterocycles. The van der Waals surface area contributed by atoms with Crippen molar-refractivity contribution in [3.8, 4) is 5.69 Å². The molecule has 0 aliphatic carbocycles. The maximum absolute atomic E-state index is 12.4. The van der Waals surface area contributed by atoms with Crippen molar-refractivity contribution >= 4 is 23.4 Å². The molecule has 6 nitrogen and oxygen atoms in total. The summed E-state index contributed by atoms with van der Waals surface area (Å²) in [5, 5.41) is 6.24. The van der Waals surface area contributed by atoms with Crippen molar-refractivity contribution in [3.05, 3.63) is 47.5 Å². The number of amides is 2. The van der Waals surface area contributed by atoms with E-state index >= 15 is 0 Å². The van der Waals surface area contributed by atoms with Gasteiger partial charge in [0.1, 0.15) is 6.04 Å². The van der Waals surface area contributed by atoms with Gasteiger partial charge in [-0.05, 0) is 25.0 Å². The molecular weight excluding hydrogens is 328 g/mol. The first-order valence-corrected chi connectivity index (χ1v) is 8.36. The number of nitrogens with one attached hydrogen (secondary N) is 2. The number of carbonyl (C=O) groups is 2. The van der Waals surface area contributed by atoms with Crippen LogP contribution in [0, 0.1) is 0 Å². The second kappa shape index (κ2) is 7.49. The Kier molecular flexibility index (Phi) is 5.15. The summed E-state index contributed by atoms with van der Waals surface area (Å²) in [6.45, 7) is 0.290. The zero-order valence-corrected chi connectivity index (χ0v) is 13.9. The first kappa shape index (κ1) is 16.5. The van der Waals surface area contributed by atoms with Gasteiger partial charge in [0.15, 0.2) is 0 Å². The number of benzene rings is 1. The zero-order valence-electron chi connectivity index (χ0n) is 13.2. The number of hydrogen-bond acceptors (Lipinski definition) is 3. The fraction of sp³-hybridized carbons (Fsp3) is 0.353. The Balaban J connectivity index is 1.72. The number of hydrogen-bond donors (Lipinski definition) is 2. The van der Waals surface area contributed by atoms with Gasteiger partial charge in [-0.2, -0.15) is 0 Å². The summed E-state index contributed by atoms with van der Waals surface area (Å²) >= 11 is 6.31. The monoisotopic (exact) mass is 346 g/mol. The highest BCUT2D eigenvalue weighted by Gasteiger charge is 2.23. The number of aromatic nitrogens is 2. The molecule has 1 unspecified atom stereocenters. The van der Waals surface area contributed by atoms with Crippen molar-refractivity contribution in [3.63, 3.8) is 0 Å². The Labute approximate surface area is 145 Å². The lowest BCUT2D eigenvalue weighted by Crippen LogP contribution is -2.45. The number of imidazole rings is 1. The standard InChI is InChI=1S/C17H19ClN4O2/c18-13-4-3-6-15(22-9-8-19-11-22)12(13)10-20-17(24)14-5-1-2-7-16(23)21-14/h3-4,6,8-9,11,14H,1-2,5,7,10H2,(H,20,24)(H,21,23). The maximum atomic E-state index is 12.4. The largest absolute Gasteiger partial charge is 0.350 e. The van der Waals surface area contributed by atoms with E-state index in [9.17, 15) is 9.59 Å². The molecule has 0 bridgehead atoms. The molecule has 2 N–H and O–H groups in total. The van der Waals surface area contributed by atoms with Crippen LogP contribution in [-0.4, -0.2) is 27.4 Å². The molecule has 0 spiro atoms. The number of halogens is 1. The van der Waals surface area contributed by atoms with E-state index in [1.165, 1.54) is 0 Å². The minimum atomic E-state index is -0.473. The van der Waals surface area contributed by atoms with Crippen molar-refractivity contribution in [1.82, 2.24) is 20.2 Å². The molecule has 1 atom stereocenters. The van der Waals surface area contributed by atoms with Crippen molar-refractivity contribution in [1.29, 1.82) is 0 Å². The average Bonchev–Trinajstić information content (AvgIpc) is 3.01. The molecule has 3 rings (SSSR count). The minimum Gasteiger partial charge on any atom is -0.350 e. The van der Waals surface area contributed by atoms with E-state index in [-0.39, 0.29) is 11.8 Å². The Morgan fingerprint density at radius 2 is 2.29 bits per heavy atom. The fourth-order valence-electron chi connectivity index (χ4n) is 2.83. The molecule has 0 saturated carbocycles. The average molecular weight is 347 g/mol. The summed E-state index contributed by atoms with van der Waals surface area (Å²) in [4.78, 5) is 28.0. The lowest BCUT2D eigenvalue weighted by Gasteiger charge is -2.17. The van der Waals surface area contributed by atoms with E-state index in [1.54, 1.807) is 18.6 Å². The van der Waals surface area contributed by atoms with Crippen LogP contribution in [0.4, 0.5) is 0 Å². The molecule has 126 valence electrons. The third-order valence-electron chi connectivity index (χ3n) is 4.11. The molecule has 1 aromatic heterocycles. The van der Waals surface area contributed by atoms with Crippen LogP contribution in [0.1, 0.15) is 31.2 Å². The predicted octanol–water partition coefficient (Wildman–Crippen LogP) is 2.20. The van der Waals surface area contributed by atoms with Crippen molar-refractivity contribution < 1.29 is 9.59 Å².